The van der Waals surface area contributed by atoms with Gasteiger partial charge < -0.3 is 9.13 Å². The fraction of sp³-hybridized carbons (Fsp3) is 0.0690. The zero-order valence-electron chi connectivity index (χ0n) is 33.2. The number of hydrogen-bond acceptors (Lipinski definition) is 0. The van der Waals surface area contributed by atoms with E-state index < -0.39 is 0 Å². The van der Waals surface area contributed by atoms with Gasteiger partial charge in [-0.2, -0.15) is 0 Å². The molecule has 3 aliphatic rings. The number of benzene rings is 7. The van der Waals surface area contributed by atoms with Crippen LogP contribution < -0.4 is 0 Å². The minimum atomic E-state index is 0.197. The molecule has 0 aliphatic heterocycles. The summed E-state index contributed by atoms with van der Waals surface area (Å²) < 4.78 is 4.99. The van der Waals surface area contributed by atoms with Crippen LogP contribution >= 0.6 is 0 Å². The summed E-state index contributed by atoms with van der Waals surface area (Å²) in [5.74, 6) is 0.412. The molecule has 2 atom stereocenters. The summed E-state index contributed by atoms with van der Waals surface area (Å²) in [7, 11) is 0. The van der Waals surface area contributed by atoms with E-state index in [0.29, 0.717) is 0 Å². The van der Waals surface area contributed by atoms with Crippen LogP contribution in [0.2, 0.25) is 0 Å². The van der Waals surface area contributed by atoms with Crippen LogP contribution in [0.25, 0.3) is 78.0 Å². The lowest BCUT2D eigenvalue weighted by atomic mass is 9.72. The molecule has 60 heavy (non-hydrogen) atoms. The first-order valence-corrected chi connectivity index (χ1v) is 21.2. The maximum absolute atomic E-state index is 2.53. The van der Waals surface area contributed by atoms with E-state index >= 15 is 0 Å². The summed E-state index contributed by atoms with van der Waals surface area (Å²) >= 11 is 0. The van der Waals surface area contributed by atoms with Gasteiger partial charge in [-0.05, 0) is 99.8 Å². The van der Waals surface area contributed by atoms with Crippen molar-refractivity contribution in [2.45, 2.75) is 18.8 Å². The Labute approximate surface area is 350 Å². The third-order valence-corrected chi connectivity index (χ3v) is 13.0. The molecular weight excluding hydrogens is 725 g/mol. The van der Waals surface area contributed by atoms with E-state index in [1.54, 1.807) is 0 Å². The van der Waals surface area contributed by atoms with Gasteiger partial charge in [-0.15, -0.1) is 0 Å². The molecule has 9 aromatic rings. The average molecular weight is 767 g/mol. The maximum atomic E-state index is 2.53. The highest BCUT2D eigenvalue weighted by molar-refractivity contribution is 6.09. The molecule has 7 aromatic carbocycles. The average Bonchev–Trinajstić information content (AvgIpc) is 3.84. The molecule has 2 unspecified atom stereocenters. The van der Waals surface area contributed by atoms with E-state index in [9.17, 15) is 0 Å². The van der Waals surface area contributed by atoms with Gasteiger partial charge in [-0.1, -0.05) is 176 Å². The molecule has 0 saturated heterocycles. The van der Waals surface area contributed by atoms with Gasteiger partial charge in [0.15, 0.2) is 0 Å². The second-order valence-electron chi connectivity index (χ2n) is 16.4. The molecule has 0 spiro atoms. The van der Waals surface area contributed by atoms with E-state index in [2.05, 4.69) is 228 Å². The molecule has 3 aliphatic carbocycles. The summed E-state index contributed by atoms with van der Waals surface area (Å²) in [6.45, 7) is 0. The number of aromatic nitrogens is 2. The SMILES string of the molecule is C1=CC2C(=CC=CC2c2ccc3c4ccccc4n(-c4cccc(-c5ccccc5)c4)c3c2)C(c2ccc3c4c(n(-c5cccc(-c6ccccc6)c5)c3c2)CCC=C4)=C1. The third kappa shape index (κ3) is 5.63. The van der Waals surface area contributed by atoms with Crippen molar-refractivity contribution >= 4 is 44.4 Å². The van der Waals surface area contributed by atoms with Crippen LogP contribution in [-0.2, 0) is 6.42 Å². The van der Waals surface area contributed by atoms with Gasteiger partial charge in [0.1, 0.15) is 0 Å². The minimum Gasteiger partial charge on any atom is -0.313 e. The summed E-state index contributed by atoms with van der Waals surface area (Å²) in [5, 5.41) is 3.86. The van der Waals surface area contributed by atoms with Gasteiger partial charge in [-0.3, -0.25) is 0 Å². The summed E-state index contributed by atoms with van der Waals surface area (Å²) in [5.41, 5.74) is 19.0. The Morgan fingerprint density at radius 1 is 0.433 bits per heavy atom. The minimum absolute atomic E-state index is 0.197. The normalized spacial score (nSPS) is 16.9. The Bertz CT molecular complexity index is 3310. The topological polar surface area (TPSA) is 9.86 Å². The highest BCUT2D eigenvalue weighted by Crippen LogP contribution is 2.46. The second kappa shape index (κ2) is 14.1. The lowest BCUT2D eigenvalue weighted by Gasteiger charge is -2.31. The van der Waals surface area contributed by atoms with Crippen molar-refractivity contribution in [1.82, 2.24) is 9.13 Å². The quantitative estimate of drug-likeness (QED) is 0.160. The molecule has 12 rings (SSSR count). The fourth-order valence-corrected chi connectivity index (χ4v) is 10.2. The number of fused-ring (bicyclic) bond motifs is 7. The van der Waals surface area contributed by atoms with Crippen molar-refractivity contribution in [2.24, 2.45) is 5.92 Å². The Morgan fingerprint density at radius 3 is 1.85 bits per heavy atom. The van der Waals surface area contributed by atoms with Crippen LogP contribution in [-0.4, -0.2) is 9.13 Å². The first-order chi connectivity index (χ1) is 29.8. The fourth-order valence-electron chi connectivity index (χ4n) is 10.2. The van der Waals surface area contributed by atoms with Crippen molar-refractivity contribution < 1.29 is 0 Å². The van der Waals surface area contributed by atoms with Gasteiger partial charge in [0.2, 0.25) is 0 Å². The van der Waals surface area contributed by atoms with E-state index in [1.165, 1.54) is 99.9 Å². The molecule has 0 saturated carbocycles. The van der Waals surface area contributed by atoms with Crippen molar-refractivity contribution in [3.8, 4) is 33.6 Å². The first kappa shape index (κ1) is 34.6. The van der Waals surface area contributed by atoms with Gasteiger partial charge in [0.25, 0.3) is 0 Å². The van der Waals surface area contributed by atoms with Crippen LogP contribution in [0.4, 0.5) is 0 Å². The van der Waals surface area contributed by atoms with E-state index in [-0.39, 0.29) is 11.8 Å². The Morgan fingerprint density at radius 2 is 1.07 bits per heavy atom. The van der Waals surface area contributed by atoms with Crippen LogP contribution in [0.1, 0.15) is 34.7 Å². The van der Waals surface area contributed by atoms with Crippen molar-refractivity contribution in [1.29, 1.82) is 0 Å². The van der Waals surface area contributed by atoms with Crippen LogP contribution in [0.15, 0.2) is 218 Å². The number of allylic oxidation sites excluding steroid dienone is 9. The van der Waals surface area contributed by atoms with E-state index in [0.717, 1.165) is 12.8 Å². The first-order valence-electron chi connectivity index (χ1n) is 21.2. The lowest BCUT2D eigenvalue weighted by Crippen LogP contribution is -2.17. The van der Waals surface area contributed by atoms with Gasteiger partial charge in [0, 0.05) is 50.6 Å². The largest absolute Gasteiger partial charge is 0.313 e. The monoisotopic (exact) mass is 766 g/mol. The van der Waals surface area contributed by atoms with Gasteiger partial charge >= 0.3 is 0 Å². The Balaban J connectivity index is 0.937. The van der Waals surface area contributed by atoms with Crippen LogP contribution in [0, 0.1) is 5.92 Å². The second-order valence-corrected chi connectivity index (χ2v) is 16.4. The molecule has 0 radical (unpaired) electrons. The maximum Gasteiger partial charge on any atom is 0.0544 e. The number of nitrogens with zero attached hydrogens (tertiary/aromatic N) is 2. The predicted octanol–water partition coefficient (Wildman–Crippen LogP) is 14.9. The molecule has 0 bridgehead atoms. The number of para-hydroxylation sites is 1. The molecule has 2 heteroatoms. The molecule has 0 N–H and O–H groups in total. The standard InChI is InChI=1S/C58H42N2/c1-3-15-39(16-4-1)41-19-11-21-45(35-41)59-55-29-9-7-23-51(55)53-33-31-43(37-57(53)59)47-25-13-28-50-48(26-14-27-49(47)50)44-32-34-54-52-24-8-10-30-56(52)60(58(54)38-44)46-22-12-20-42(36-46)40-17-5-2-6-18-40/h1-9,11-29,31-38,47,49H,10,30H2. The smallest absolute Gasteiger partial charge is 0.0544 e. The van der Waals surface area contributed by atoms with E-state index in [4.69, 9.17) is 0 Å². The summed E-state index contributed by atoms with van der Waals surface area (Å²) in [6, 6.07) is 62.6. The van der Waals surface area contributed by atoms with Crippen LogP contribution in [0.3, 0.4) is 0 Å². The highest BCUT2D eigenvalue weighted by atomic mass is 15.0. The summed E-state index contributed by atoms with van der Waals surface area (Å²) in [4.78, 5) is 0. The molecule has 284 valence electrons. The van der Waals surface area contributed by atoms with Crippen molar-refractivity contribution in [3.63, 3.8) is 0 Å². The van der Waals surface area contributed by atoms with E-state index in [1.807, 2.05) is 0 Å². The molecular formula is C58H42N2. The molecule has 2 heterocycles. The Hall–Kier alpha value is -7.42. The lowest BCUT2D eigenvalue weighted by molar-refractivity contribution is 0.675. The molecule has 2 aromatic heterocycles. The Kier molecular flexibility index (Phi) is 8.16. The van der Waals surface area contributed by atoms with Crippen LogP contribution in [0.5, 0.6) is 0 Å². The zero-order valence-corrected chi connectivity index (χ0v) is 33.2. The van der Waals surface area contributed by atoms with Gasteiger partial charge in [0.05, 0.1) is 16.6 Å². The third-order valence-electron chi connectivity index (χ3n) is 13.0. The van der Waals surface area contributed by atoms with Crippen molar-refractivity contribution in [2.75, 3.05) is 0 Å². The number of rotatable bonds is 6. The highest BCUT2D eigenvalue weighted by Gasteiger charge is 2.30. The number of hydrogen-bond donors (Lipinski definition) is 0. The van der Waals surface area contributed by atoms with Gasteiger partial charge in [-0.25, -0.2) is 0 Å². The zero-order chi connectivity index (χ0) is 39.6. The molecule has 0 fully saturated rings. The molecule has 2 nitrogen and oxygen atoms in total. The molecule has 0 amide bonds. The van der Waals surface area contributed by atoms with Crippen molar-refractivity contribution in [3.05, 3.63) is 240 Å². The summed E-state index contributed by atoms with van der Waals surface area (Å²) in [6.07, 6.45) is 20.8. The predicted molar refractivity (Wildman–Crippen MR) is 253 cm³/mol.